The molecule has 4 aromatic carbocycles. The van der Waals surface area contributed by atoms with Crippen LogP contribution >= 0.6 is 0 Å². The van der Waals surface area contributed by atoms with E-state index in [2.05, 4.69) is 114 Å². The predicted octanol–water partition coefficient (Wildman–Crippen LogP) is 12.0. The lowest BCUT2D eigenvalue weighted by molar-refractivity contribution is -0.123. The fourth-order valence-corrected chi connectivity index (χ4v) is 13.2. The largest absolute Gasteiger partial charge is 0.361 e. The summed E-state index contributed by atoms with van der Waals surface area (Å²) < 4.78 is 10.0. The van der Waals surface area contributed by atoms with Crippen LogP contribution in [-0.4, -0.2) is 41.3 Å². The summed E-state index contributed by atoms with van der Waals surface area (Å²) >= 11 is 0. The maximum absolute atomic E-state index is 14.5. The van der Waals surface area contributed by atoms with Crippen LogP contribution in [0, 0.1) is 53.3 Å². The van der Waals surface area contributed by atoms with Crippen LogP contribution < -0.4 is 0 Å². The zero-order valence-corrected chi connectivity index (χ0v) is 41.2. The van der Waals surface area contributed by atoms with Gasteiger partial charge in [-0.15, -0.1) is 0 Å². The Morgan fingerprint density at radius 2 is 1.16 bits per heavy atom. The molecule has 12 rings (SSSR count). The monoisotopic (exact) mass is 956 g/mol. The number of nitriles is 2. The fraction of sp³-hybridized carbons (Fsp3) is 0.258. The topological polar surface area (TPSA) is 156 Å². The van der Waals surface area contributed by atoms with Crippen molar-refractivity contribution >= 4 is 11.6 Å². The average Bonchev–Trinajstić information content (AvgIpc) is 4.14. The van der Waals surface area contributed by atoms with Crippen LogP contribution in [0.1, 0.15) is 74.0 Å². The van der Waals surface area contributed by atoms with Crippen molar-refractivity contribution in [2.45, 2.75) is 77.0 Å². The van der Waals surface area contributed by atoms with Crippen molar-refractivity contribution in [1.82, 2.24) is 29.7 Å². The van der Waals surface area contributed by atoms with E-state index in [0.717, 1.165) is 110 Å². The van der Waals surface area contributed by atoms with Crippen LogP contribution in [0.2, 0.25) is 0 Å². The van der Waals surface area contributed by atoms with Gasteiger partial charge >= 0.3 is 0 Å². The van der Waals surface area contributed by atoms with Crippen molar-refractivity contribution in [1.29, 1.82) is 10.5 Å². The number of allylic oxidation sites excluding steroid dienone is 4. The Labute approximate surface area is 424 Å². The van der Waals surface area contributed by atoms with Gasteiger partial charge in [-0.25, -0.2) is 9.36 Å². The molecule has 73 heavy (non-hydrogen) atoms. The van der Waals surface area contributed by atoms with Gasteiger partial charge in [0.15, 0.2) is 11.6 Å². The van der Waals surface area contributed by atoms with Gasteiger partial charge in [0.25, 0.3) is 0 Å². The SMILES string of the molecule is Cc1onc(CC[C@H]2C(=O)C(C#N)=C[C@@]3(C)c4c(c(-c5ccccc5)nn4-c4ccc(-c5cccnc5)cc4)CC[C@H]23)c1-c1ccc(-n2nc(-c3ccccc3)c3c2[C@]2(C)C=C(C#N)C(=O)[C@H](C)[C@H]2CC3)cc1. The number of ketones is 2. The van der Waals surface area contributed by atoms with Crippen LogP contribution in [0.15, 0.2) is 162 Å². The van der Waals surface area contributed by atoms with E-state index >= 15 is 0 Å². The Hall–Kier alpha value is -8.54. The highest BCUT2D eigenvalue weighted by Gasteiger charge is 2.53. The molecule has 6 atom stereocenters. The summed E-state index contributed by atoms with van der Waals surface area (Å²) in [7, 11) is 0. The molecule has 0 fully saturated rings. The molecular formula is C62H52N8O3. The Kier molecular flexibility index (Phi) is 11.0. The van der Waals surface area contributed by atoms with E-state index in [1.54, 1.807) is 6.20 Å². The van der Waals surface area contributed by atoms with E-state index in [4.69, 9.17) is 14.7 Å². The van der Waals surface area contributed by atoms with E-state index < -0.39 is 16.7 Å². The first kappa shape index (κ1) is 45.6. The van der Waals surface area contributed by atoms with Crippen LogP contribution in [0.5, 0.6) is 0 Å². The molecule has 0 aliphatic heterocycles. The molecule has 11 heteroatoms. The minimum atomic E-state index is -0.696. The number of hydrogen-bond acceptors (Lipinski definition) is 9. The van der Waals surface area contributed by atoms with Gasteiger partial charge in [-0.05, 0) is 104 Å². The van der Waals surface area contributed by atoms with Gasteiger partial charge < -0.3 is 4.52 Å². The van der Waals surface area contributed by atoms with Crippen LogP contribution in [0.25, 0.3) is 56.1 Å². The van der Waals surface area contributed by atoms with Crippen LogP contribution in [0.4, 0.5) is 0 Å². The number of nitrogens with zero attached hydrogens (tertiary/aromatic N) is 8. The number of rotatable bonds is 9. The van der Waals surface area contributed by atoms with Gasteiger partial charge in [0.1, 0.15) is 17.9 Å². The third-order valence-electron chi connectivity index (χ3n) is 16.7. The molecule has 0 N–H and O–H groups in total. The molecule has 4 aromatic heterocycles. The summed E-state index contributed by atoms with van der Waals surface area (Å²) in [5, 5.41) is 36.1. The third kappa shape index (κ3) is 7.28. The molecule has 0 radical (unpaired) electrons. The molecule has 0 unspecified atom stereocenters. The molecule has 0 saturated carbocycles. The van der Waals surface area contributed by atoms with Crippen molar-refractivity contribution in [3.63, 3.8) is 0 Å². The van der Waals surface area contributed by atoms with Crippen molar-refractivity contribution < 1.29 is 14.1 Å². The Morgan fingerprint density at radius 3 is 1.71 bits per heavy atom. The van der Waals surface area contributed by atoms with Gasteiger partial charge in [-0.2, -0.15) is 20.7 Å². The number of Topliss-reactive ketones (excluding diaryl/α,β-unsaturated/α-hetero) is 2. The lowest BCUT2D eigenvalue weighted by Crippen LogP contribution is -2.47. The van der Waals surface area contributed by atoms with Gasteiger partial charge in [-0.3, -0.25) is 14.6 Å². The molecular weight excluding hydrogens is 905 g/mol. The molecule has 0 saturated heterocycles. The normalized spacial score (nSPS) is 23.0. The van der Waals surface area contributed by atoms with E-state index in [9.17, 15) is 20.1 Å². The number of pyridine rings is 1. The standard InChI is InChI=1S/C62H52N8O3/c1-37-51-28-25-49-55(41-12-7-5-8-13-41)66-69(59(49)61(51,3)32-44(34-63)57(37)71)47-23-19-40(20-24-47)54-38(2)73-68-53(54)30-27-48-52-29-26-50-56(42-14-9-6-10-15-42)67-70(60(50)62(52,4)33-45(35-64)58(48)72)46-21-17-39(18-22-46)43-16-11-31-65-36-43/h5-24,31-33,36-37,48,51-52H,25-30H2,1-4H3/t37-,48-,51-,52-,61-,62-/m1/s1. The summed E-state index contributed by atoms with van der Waals surface area (Å²) in [6, 6.07) is 45.6. The zero-order chi connectivity index (χ0) is 50.2. The zero-order valence-electron chi connectivity index (χ0n) is 41.2. The second-order valence-electron chi connectivity index (χ2n) is 20.7. The van der Waals surface area contributed by atoms with Crippen molar-refractivity contribution in [2.75, 3.05) is 0 Å². The van der Waals surface area contributed by atoms with Gasteiger partial charge in [0.2, 0.25) is 0 Å². The summed E-state index contributed by atoms with van der Waals surface area (Å²) in [5.41, 5.74) is 13.6. The summed E-state index contributed by atoms with van der Waals surface area (Å²) in [6.07, 6.45) is 11.4. The maximum Gasteiger partial charge on any atom is 0.176 e. The molecule has 4 aliphatic rings. The summed E-state index contributed by atoms with van der Waals surface area (Å²) in [4.78, 5) is 32.2. The van der Waals surface area contributed by atoms with Gasteiger partial charge in [0, 0.05) is 62.9 Å². The van der Waals surface area contributed by atoms with Gasteiger partial charge in [-0.1, -0.05) is 129 Å². The Morgan fingerprint density at radius 1 is 0.644 bits per heavy atom. The first-order valence-corrected chi connectivity index (χ1v) is 25.3. The molecule has 8 aromatic rings. The number of aromatic nitrogens is 6. The lowest BCUT2D eigenvalue weighted by atomic mass is 9.56. The smallest absolute Gasteiger partial charge is 0.176 e. The number of carbonyl (C=O) groups excluding carboxylic acids is 2. The molecule has 0 amide bonds. The summed E-state index contributed by atoms with van der Waals surface area (Å²) in [5.74, 6) is -0.399. The highest BCUT2D eigenvalue weighted by Crippen LogP contribution is 2.55. The predicted molar refractivity (Wildman–Crippen MR) is 278 cm³/mol. The Balaban J connectivity index is 0.882. The minimum Gasteiger partial charge on any atom is -0.361 e. The molecule has 4 aliphatic carbocycles. The molecule has 0 spiro atoms. The number of fused-ring (bicyclic) bond motifs is 6. The van der Waals surface area contributed by atoms with Crippen molar-refractivity contribution in [3.8, 4) is 68.3 Å². The highest BCUT2D eigenvalue weighted by atomic mass is 16.5. The Bertz CT molecular complexity index is 3650. The number of carbonyl (C=O) groups is 2. The second kappa shape index (κ2) is 17.6. The summed E-state index contributed by atoms with van der Waals surface area (Å²) in [6.45, 7) is 8.22. The lowest BCUT2D eigenvalue weighted by Gasteiger charge is -2.46. The van der Waals surface area contributed by atoms with Crippen molar-refractivity contribution in [3.05, 3.63) is 191 Å². The third-order valence-corrected chi connectivity index (χ3v) is 16.7. The van der Waals surface area contributed by atoms with E-state index in [-0.39, 0.29) is 40.5 Å². The fourth-order valence-electron chi connectivity index (χ4n) is 13.2. The number of hydrogen-bond donors (Lipinski definition) is 0. The van der Waals surface area contributed by atoms with E-state index in [0.29, 0.717) is 18.6 Å². The molecule has 4 heterocycles. The first-order valence-electron chi connectivity index (χ1n) is 25.3. The van der Waals surface area contributed by atoms with E-state index in [1.165, 1.54) is 0 Å². The van der Waals surface area contributed by atoms with Gasteiger partial charge in [0.05, 0.1) is 51.0 Å². The average molecular weight is 957 g/mol. The highest BCUT2D eigenvalue weighted by molar-refractivity contribution is 6.03. The number of aryl methyl sites for hydroxylation is 2. The first-order chi connectivity index (χ1) is 35.5. The molecule has 0 bridgehead atoms. The maximum atomic E-state index is 14.5. The van der Waals surface area contributed by atoms with E-state index in [1.807, 2.05) is 85.4 Å². The van der Waals surface area contributed by atoms with Crippen molar-refractivity contribution in [2.24, 2.45) is 23.7 Å². The second-order valence-corrected chi connectivity index (χ2v) is 20.7. The number of benzene rings is 4. The quantitative estimate of drug-likeness (QED) is 0.137. The van der Waals surface area contributed by atoms with Crippen LogP contribution in [0.3, 0.4) is 0 Å². The molecule has 358 valence electrons. The molecule has 11 nitrogen and oxygen atoms in total. The minimum absolute atomic E-state index is 0.0130. The van der Waals surface area contributed by atoms with Crippen LogP contribution in [-0.2, 0) is 39.7 Å².